The number of carbonyl (C=O) groups is 2. The van der Waals surface area contributed by atoms with Gasteiger partial charge in [0, 0.05) is 31.1 Å². The van der Waals surface area contributed by atoms with Crippen LogP contribution in [-0.4, -0.2) is 53.4 Å². The van der Waals surface area contributed by atoms with Crippen molar-refractivity contribution in [1.29, 1.82) is 0 Å². The van der Waals surface area contributed by atoms with Crippen molar-refractivity contribution in [2.24, 2.45) is 10.8 Å². The second kappa shape index (κ2) is 5.53. The van der Waals surface area contributed by atoms with Crippen LogP contribution < -0.4 is 0 Å². The maximum Gasteiger partial charge on any atom is 0.339 e. The zero-order valence-corrected chi connectivity index (χ0v) is 16.2. The number of aliphatic hydroxyl groups excluding tert-OH is 1. The number of hydrogen-bond acceptors (Lipinski definition) is 8. The van der Waals surface area contributed by atoms with Crippen molar-refractivity contribution in [3.8, 4) is 0 Å². The van der Waals surface area contributed by atoms with E-state index in [4.69, 9.17) is 24.0 Å². The molecule has 1 spiro atoms. The first-order valence-electron chi connectivity index (χ1n) is 9.21. The Bertz CT molecular complexity index is 727. The van der Waals surface area contributed by atoms with Gasteiger partial charge in [-0.3, -0.25) is 9.68 Å². The standard InChI is InChI=1S/C19H26O8/c1-10-6-13(22)17(5)14(7-10)24-15-18(9-23-18)16(17,4)8-19(15,25-11(2)20)27-26-12(3)21/h7,13-15,22H,6,8-9H2,1-5H3/t13?,14-,15+,16-,17+,18+,19-/m1/s1. The zero-order chi connectivity index (χ0) is 19.8. The third kappa shape index (κ3) is 2.24. The van der Waals surface area contributed by atoms with E-state index >= 15 is 0 Å². The molecule has 2 aliphatic carbocycles. The lowest BCUT2D eigenvalue weighted by molar-refractivity contribution is -0.413. The molecule has 2 heterocycles. The first kappa shape index (κ1) is 18.9. The number of ether oxygens (including phenoxy) is 3. The van der Waals surface area contributed by atoms with Crippen molar-refractivity contribution in [1.82, 2.24) is 0 Å². The number of rotatable bonds is 3. The van der Waals surface area contributed by atoms with Crippen LogP contribution in [0.2, 0.25) is 0 Å². The lowest BCUT2D eigenvalue weighted by Gasteiger charge is -2.57. The highest BCUT2D eigenvalue weighted by Gasteiger charge is 2.87. The van der Waals surface area contributed by atoms with Crippen LogP contribution in [0, 0.1) is 10.8 Å². The molecule has 4 aliphatic rings. The molecule has 1 N–H and O–H groups in total. The molecule has 2 saturated heterocycles. The largest absolute Gasteiger partial charge is 0.426 e. The van der Waals surface area contributed by atoms with Crippen molar-refractivity contribution in [3.05, 3.63) is 11.6 Å². The summed E-state index contributed by atoms with van der Waals surface area (Å²) in [6.07, 6.45) is 0.839. The Hall–Kier alpha value is -1.48. The molecule has 0 aromatic heterocycles. The van der Waals surface area contributed by atoms with Crippen molar-refractivity contribution >= 4 is 11.9 Å². The molecule has 8 heteroatoms. The molecule has 0 radical (unpaired) electrons. The van der Waals surface area contributed by atoms with Crippen LogP contribution in [0.1, 0.15) is 47.5 Å². The van der Waals surface area contributed by atoms with E-state index in [0.29, 0.717) is 13.0 Å². The van der Waals surface area contributed by atoms with E-state index in [2.05, 4.69) is 0 Å². The molecule has 3 fully saturated rings. The molecule has 7 atom stereocenters. The maximum absolute atomic E-state index is 11.9. The Labute approximate surface area is 157 Å². The summed E-state index contributed by atoms with van der Waals surface area (Å²) in [5, 5.41) is 11.0. The summed E-state index contributed by atoms with van der Waals surface area (Å²) >= 11 is 0. The molecule has 1 unspecified atom stereocenters. The van der Waals surface area contributed by atoms with E-state index in [0.717, 1.165) is 5.57 Å². The van der Waals surface area contributed by atoms with Crippen molar-refractivity contribution < 1.29 is 38.7 Å². The van der Waals surface area contributed by atoms with Crippen LogP contribution in [0.4, 0.5) is 0 Å². The lowest BCUT2D eigenvalue weighted by atomic mass is 9.51. The Morgan fingerprint density at radius 2 is 1.93 bits per heavy atom. The van der Waals surface area contributed by atoms with E-state index < -0.39 is 52.5 Å². The third-order valence-electron chi connectivity index (χ3n) is 7.13. The fourth-order valence-electron chi connectivity index (χ4n) is 5.55. The van der Waals surface area contributed by atoms with Gasteiger partial charge in [0.05, 0.1) is 18.8 Å². The number of fused-ring (bicyclic) bond motifs is 2. The molecule has 1 saturated carbocycles. The number of aliphatic hydroxyl groups is 1. The summed E-state index contributed by atoms with van der Waals surface area (Å²) in [4.78, 5) is 33.5. The highest BCUT2D eigenvalue weighted by Crippen LogP contribution is 2.74. The molecule has 0 aromatic carbocycles. The SMILES string of the molecule is CC(=O)OO[C@]1(OC(C)=O)C[C@@]2(C)[C@]3(CO3)[C@@H]1O[C@@H]1C=C(C)CC(O)[C@@]12C. The van der Waals surface area contributed by atoms with Crippen LogP contribution in [0.5, 0.6) is 0 Å². The highest BCUT2D eigenvalue weighted by molar-refractivity contribution is 5.67. The van der Waals surface area contributed by atoms with Crippen molar-refractivity contribution in [3.63, 3.8) is 0 Å². The van der Waals surface area contributed by atoms with Gasteiger partial charge < -0.3 is 19.3 Å². The highest BCUT2D eigenvalue weighted by atomic mass is 17.2. The molecule has 2 aliphatic heterocycles. The van der Waals surface area contributed by atoms with Gasteiger partial charge in [0.2, 0.25) is 0 Å². The minimum Gasteiger partial charge on any atom is -0.426 e. The molecule has 150 valence electrons. The van der Waals surface area contributed by atoms with E-state index in [1.54, 1.807) is 0 Å². The average molecular weight is 382 g/mol. The Morgan fingerprint density at radius 1 is 1.26 bits per heavy atom. The molecule has 0 amide bonds. The van der Waals surface area contributed by atoms with Gasteiger partial charge in [-0.25, -0.2) is 4.79 Å². The van der Waals surface area contributed by atoms with Gasteiger partial charge in [0.15, 0.2) is 6.10 Å². The maximum atomic E-state index is 11.9. The fraction of sp³-hybridized carbons (Fsp3) is 0.789. The summed E-state index contributed by atoms with van der Waals surface area (Å²) in [6, 6.07) is 0. The molecular weight excluding hydrogens is 356 g/mol. The second-order valence-corrected chi connectivity index (χ2v) is 8.70. The van der Waals surface area contributed by atoms with Gasteiger partial charge in [-0.2, -0.15) is 0 Å². The Morgan fingerprint density at radius 3 is 2.48 bits per heavy atom. The topological polar surface area (TPSA) is 104 Å². The summed E-state index contributed by atoms with van der Waals surface area (Å²) in [6.45, 7) is 8.77. The predicted molar refractivity (Wildman–Crippen MR) is 89.9 cm³/mol. The lowest BCUT2D eigenvalue weighted by Crippen LogP contribution is -2.66. The fourth-order valence-corrected chi connectivity index (χ4v) is 5.55. The van der Waals surface area contributed by atoms with Crippen LogP contribution in [0.15, 0.2) is 11.6 Å². The monoisotopic (exact) mass is 382 g/mol. The minimum absolute atomic E-state index is 0.175. The number of esters is 1. The number of epoxide rings is 1. The summed E-state index contributed by atoms with van der Waals surface area (Å²) in [5.74, 6) is -2.89. The van der Waals surface area contributed by atoms with Gasteiger partial charge in [0.25, 0.3) is 5.79 Å². The van der Waals surface area contributed by atoms with Gasteiger partial charge in [0.1, 0.15) is 5.60 Å². The van der Waals surface area contributed by atoms with Crippen LogP contribution in [-0.2, 0) is 33.6 Å². The normalized spacial score (nSPS) is 50.0. The first-order valence-corrected chi connectivity index (χ1v) is 9.21. The number of hydrogen-bond donors (Lipinski definition) is 1. The molecule has 8 nitrogen and oxygen atoms in total. The van der Waals surface area contributed by atoms with Gasteiger partial charge in [-0.05, 0) is 13.3 Å². The predicted octanol–water partition coefficient (Wildman–Crippen LogP) is 1.40. The summed E-state index contributed by atoms with van der Waals surface area (Å²) in [5.41, 5.74) is -1.09. The second-order valence-electron chi connectivity index (χ2n) is 8.70. The average Bonchev–Trinajstić information content (AvgIpc) is 3.31. The minimum atomic E-state index is -1.63. The Balaban J connectivity index is 1.84. The molecular formula is C19H26O8. The quantitative estimate of drug-likeness (QED) is 0.195. The van der Waals surface area contributed by atoms with Gasteiger partial charge in [-0.1, -0.05) is 25.5 Å². The van der Waals surface area contributed by atoms with E-state index in [1.807, 2.05) is 26.8 Å². The molecule has 2 bridgehead atoms. The van der Waals surface area contributed by atoms with Crippen LogP contribution >= 0.6 is 0 Å². The first-order chi connectivity index (χ1) is 12.5. The van der Waals surface area contributed by atoms with Crippen molar-refractivity contribution in [2.75, 3.05) is 6.61 Å². The smallest absolute Gasteiger partial charge is 0.339 e. The van der Waals surface area contributed by atoms with E-state index in [9.17, 15) is 14.7 Å². The van der Waals surface area contributed by atoms with Crippen LogP contribution in [0.3, 0.4) is 0 Å². The molecule has 4 rings (SSSR count). The van der Waals surface area contributed by atoms with E-state index in [1.165, 1.54) is 13.8 Å². The third-order valence-corrected chi connectivity index (χ3v) is 7.13. The summed E-state index contributed by atoms with van der Waals surface area (Å²) < 4.78 is 17.8. The van der Waals surface area contributed by atoms with Crippen molar-refractivity contribution in [2.45, 2.75) is 77.2 Å². The molecule has 27 heavy (non-hydrogen) atoms. The Kier molecular flexibility index (Phi) is 3.86. The number of carbonyl (C=O) groups excluding carboxylic acids is 2. The summed E-state index contributed by atoms with van der Waals surface area (Å²) in [7, 11) is 0. The van der Waals surface area contributed by atoms with Crippen LogP contribution in [0.25, 0.3) is 0 Å². The zero-order valence-electron chi connectivity index (χ0n) is 16.2. The molecule has 0 aromatic rings. The van der Waals surface area contributed by atoms with E-state index in [-0.39, 0.29) is 6.42 Å². The van der Waals surface area contributed by atoms with Gasteiger partial charge in [-0.15, -0.1) is 4.89 Å². The van der Waals surface area contributed by atoms with Gasteiger partial charge >= 0.3 is 11.9 Å².